The summed E-state index contributed by atoms with van der Waals surface area (Å²) < 4.78 is 16.8. The number of anilines is 1. The van der Waals surface area contributed by atoms with E-state index in [4.69, 9.17) is 25.8 Å². The Morgan fingerprint density at radius 3 is 2.42 bits per heavy atom. The van der Waals surface area contributed by atoms with Crippen LogP contribution in [-0.4, -0.2) is 72.2 Å². The molecule has 0 aromatic heterocycles. The predicted molar refractivity (Wildman–Crippen MR) is 152 cm³/mol. The highest BCUT2D eigenvalue weighted by atomic mass is 35.5. The van der Waals surface area contributed by atoms with Crippen LogP contribution in [0.5, 0.6) is 5.75 Å². The Hall–Kier alpha value is -2.69. The zero-order valence-corrected chi connectivity index (χ0v) is 23.4. The molecule has 0 radical (unpaired) electrons. The first-order valence-corrected chi connectivity index (χ1v) is 13.8. The zero-order valence-electron chi connectivity index (χ0n) is 22.7. The van der Waals surface area contributed by atoms with Crippen LogP contribution in [-0.2, 0) is 34.6 Å². The van der Waals surface area contributed by atoms with E-state index in [0.717, 1.165) is 42.8 Å². The summed E-state index contributed by atoms with van der Waals surface area (Å²) >= 11 is 6.61. The van der Waals surface area contributed by atoms with E-state index in [2.05, 4.69) is 35.2 Å². The van der Waals surface area contributed by atoms with Gasteiger partial charge in [0.1, 0.15) is 30.2 Å². The molecule has 214 valence electrons. The quantitative estimate of drug-likeness (QED) is 0.327. The molecule has 4 N–H and O–H groups in total. The summed E-state index contributed by atoms with van der Waals surface area (Å²) in [7, 11) is 3.01. The lowest BCUT2D eigenvalue weighted by atomic mass is 9.87. The van der Waals surface area contributed by atoms with E-state index in [1.54, 1.807) is 25.3 Å². The second kappa shape index (κ2) is 12.0. The fourth-order valence-corrected chi connectivity index (χ4v) is 5.95. The number of benzene rings is 3. The number of rotatable bonds is 8. The van der Waals surface area contributed by atoms with Crippen molar-refractivity contribution < 1.29 is 34.6 Å². The normalized spacial score (nSPS) is 26.4. The van der Waals surface area contributed by atoms with Gasteiger partial charge in [0.25, 0.3) is 0 Å². The van der Waals surface area contributed by atoms with Crippen molar-refractivity contribution in [2.75, 3.05) is 32.3 Å². The maximum absolute atomic E-state index is 10.9. The number of hydrogen-bond acceptors (Lipinski definition) is 8. The van der Waals surface area contributed by atoms with Gasteiger partial charge in [-0.2, -0.15) is 0 Å². The first-order chi connectivity index (χ1) is 19.3. The van der Waals surface area contributed by atoms with Crippen LogP contribution in [0.15, 0.2) is 60.7 Å². The lowest BCUT2D eigenvalue weighted by Gasteiger charge is -2.47. The van der Waals surface area contributed by atoms with Gasteiger partial charge in [0.15, 0.2) is 0 Å². The molecule has 1 fully saturated rings. The van der Waals surface area contributed by atoms with Crippen LogP contribution in [0.25, 0.3) is 0 Å². The third-order valence-corrected chi connectivity index (χ3v) is 8.36. The molecule has 0 bridgehead atoms. The second-order valence-electron chi connectivity index (χ2n) is 10.5. The minimum atomic E-state index is -1.79. The molecule has 5 rings (SSSR count). The Morgan fingerprint density at radius 2 is 1.73 bits per heavy atom. The maximum Gasteiger partial charge on any atom is 0.224 e. The van der Waals surface area contributed by atoms with Crippen molar-refractivity contribution in [3.63, 3.8) is 0 Å². The summed E-state index contributed by atoms with van der Waals surface area (Å²) in [5, 5.41) is 41.8. The van der Waals surface area contributed by atoms with Crippen LogP contribution in [0.1, 0.15) is 34.2 Å². The predicted octanol–water partition coefficient (Wildman–Crippen LogP) is 3.17. The second-order valence-corrected chi connectivity index (χ2v) is 10.9. The van der Waals surface area contributed by atoms with Gasteiger partial charge in [-0.1, -0.05) is 41.9 Å². The van der Waals surface area contributed by atoms with Gasteiger partial charge >= 0.3 is 0 Å². The fraction of sp³-hybridized carbons (Fsp3) is 0.419. The molecule has 8 nitrogen and oxygen atoms in total. The lowest BCUT2D eigenvalue weighted by molar-refractivity contribution is -0.366. The molecule has 1 saturated heterocycles. The van der Waals surface area contributed by atoms with Gasteiger partial charge in [-0.25, -0.2) is 0 Å². The summed E-state index contributed by atoms with van der Waals surface area (Å²) in [4.78, 5) is 2.40. The Kier molecular flexibility index (Phi) is 8.68. The molecule has 2 heterocycles. The topological polar surface area (TPSA) is 112 Å². The minimum Gasteiger partial charge on any atom is -0.497 e. The van der Waals surface area contributed by atoms with Crippen LogP contribution < -0.4 is 9.64 Å². The van der Waals surface area contributed by atoms with Gasteiger partial charge in [-0.3, -0.25) is 0 Å². The van der Waals surface area contributed by atoms with Crippen molar-refractivity contribution >= 4 is 17.3 Å². The highest BCUT2D eigenvalue weighted by Gasteiger charge is 2.55. The summed E-state index contributed by atoms with van der Waals surface area (Å²) in [5.74, 6) is -0.943. The molecule has 0 spiro atoms. The van der Waals surface area contributed by atoms with Crippen molar-refractivity contribution in [1.82, 2.24) is 0 Å². The van der Waals surface area contributed by atoms with E-state index in [-0.39, 0.29) is 0 Å². The molecule has 0 saturated carbocycles. The summed E-state index contributed by atoms with van der Waals surface area (Å²) in [6.07, 6.45) is -3.19. The van der Waals surface area contributed by atoms with Gasteiger partial charge < -0.3 is 39.5 Å². The molecule has 0 aliphatic carbocycles. The van der Waals surface area contributed by atoms with E-state index in [1.807, 2.05) is 12.1 Å². The standard InChI is InChI=1S/C31H36ClNO7/c1-38-24-9-5-19(6-10-24)17-33-13-3-4-21-14-20(7-12-26(21)33)15-22-16-23(8-11-25(22)32)31(39-2)30(37)29(36)28(35)27(18-34)40-31/h5-12,14,16,27-30,34-37H,3-4,13,15,17-18H2,1-2H3/t27-,28-,29+,30-,31+/m1/s1. The van der Waals surface area contributed by atoms with Gasteiger partial charge in [-0.05, 0) is 71.8 Å². The zero-order chi connectivity index (χ0) is 28.4. The van der Waals surface area contributed by atoms with Gasteiger partial charge in [0.05, 0.1) is 13.7 Å². The number of hydrogen-bond donors (Lipinski definition) is 4. The number of nitrogens with zero attached hydrogens (tertiary/aromatic N) is 1. The third kappa shape index (κ3) is 5.45. The number of methoxy groups -OCH3 is 2. The van der Waals surface area contributed by atoms with Gasteiger partial charge in [-0.15, -0.1) is 0 Å². The van der Waals surface area contributed by atoms with Crippen molar-refractivity contribution in [3.8, 4) is 5.75 Å². The molecule has 2 aliphatic heterocycles. The Morgan fingerprint density at radius 1 is 0.975 bits per heavy atom. The molecular formula is C31H36ClNO7. The summed E-state index contributed by atoms with van der Waals surface area (Å²) in [5.41, 5.74) is 6.04. The summed E-state index contributed by atoms with van der Waals surface area (Å²) in [6.45, 7) is 1.26. The lowest BCUT2D eigenvalue weighted by Crippen LogP contribution is -2.64. The molecule has 3 aromatic carbocycles. The number of halogens is 1. The fourth-order valence-electron chi connectivity index (χ4n) is 5.77. The Labute approximate surface area is 239 Å². The smallest absolute Gasteiger partial charge is 0.224 e. The molecule has 3 aromatic rings. The van der Waals surface area contributed by atoms with Crippen LogP contribution in [0.4, 0.5) is 5.69 Å². The van der Waals surface area contributed by atoms with Crippen LogP contribution in [0, 0.1) is 0 Å². The van der Waals surface area contributed by atoms with E-state index >= 15 is 0 Å². The summed E-state index contributed by atoms with van der Waals surface area (Å²) in [6, 6.07) is 19.8. The van der Waals surface area contributed by atoms with Crippen LogP contribution in [0.3, 0.4) is 0 Å². The van der Waals surface area contributed by atoms with Gasteiger partial charge in [0.2, 0.25) is 5.79 Å². The monoisotopic (exact) mass is 569 g/mol. The highest BCUT2D eigenvalue weighted by Crippen LogP contribution is 2.40. The van der Waals surface area contributed by atoms with Crippen molar-refractivity contribution in [1.29, 1.82) is 0 Å². The van der Waals surface area contributed by atoms with Crippen molar-refractivity contribution in [2.45, 2.75) is 56.0 Å². The first-order valence-electron chi connectivity index (χ1n) is 13.5. The highest BCUT2D eigenvalue weighted by molar-refractivity contribution is 6.31. The maximum atomic E-state index is 10.9. The average Bonchev–Trinajstić information content (AvgIpc) is 2.98. The van der Waals surface area contributed by atoms with Crippen LogP contribution in [0.2, 0.25) is 5.02 Å². The molecule has 9 heteroatoms. The number of ether oxygens (including phenoxy) is 3. The largest absolute Gasteiger partial charge is 0.497 e. The number of fused-ring (bicyclic) bond motifs is 1. The molecule has 0 unspecified atom stereocenters. The number of aliphatic hydroxyl groups is 4. The van der Waals surface area contributed by atoms with E-state index in [1.165, 1.54) is 23.9 Å². The molecule has 2 aliphatic rings. The van der Waals surface area contributed by atoms with Crippen molar-refractivity contribution in [3.05, 3.63) is 93.5 Å². The minimum absolute atomic E-state index is 0.426. The number of aryl methyl sites for hydroxylation is 1. The third-order valence-electron chi connectivity index (χ3n) is 7.99. The molecule has 5 atom stereocenters. The number of aliphatic hydroxyl groups excluding tert-OH is 4. The van der Waals surface area contributed by atoms with Gasteiger partial charge in [0, 0.05) is 36.5 Å². The first kappa shape index (κ1) is 28.8. The Balaban J connectivity index is 1.39. The molecule has 40 heavy (non-hydrogen) atoms. The van der Waals surface area contributed by atoms with E-state index < -0.39 is 36.8 Å². The molecule has 0 amide bonds. The average molecular weight is 570 g/mol. The Bertz CT molecular complexity index is 1320. The van der Waals surface area contributed by atoms with Crippen molar-refractivity contribution in [2.24, 2.45) is 0 Å². The molecular weight excluding hydrogens is 534 g/mol. The SMILES string of the molecule is COc1ccc(CN2CCCc3cc(Cc4cc([C@]5(OC)O[C@H](CO)[C@@H](O)[C@H](O)[C@H]5O)ccc4Cl)ccc32)cc1. The van der Waals surface area contributed by atoms with Crippen LogP contribution >= 0.6 is 11.6 Å². The van der Waals surface area contributed by atoms with E-state index in [0.29, 0.717) is 17.0 Å². The van der Waals surface area contributed by atoms with E-state index in [9.17, 15) is 20.4 Å².